The van der Waals surface area contributed by atoms with Crippen molar-refractivity contribution in [2.45, 2.75) is 65.7 Å². The Bertz CT molecular complexity index is 1190. The van der Waals surface area contributed by atoms with Crippen LogP contribution in [0, 0.1) is 5.41 Å². The molecule has 5 rings (SSSR count). The predicted molar refractivity (Wildman–Crippen MR) is 165 cm³/mol. The zero-order valence-corrected chi connectivity index (χ0v) is 25.8. The normalized spacial score (nSPS) is 19.3. The number of benzene rings is 3. The van der Waals surface area contributed by atoms with E-state index in [4.69, 9.17) is 0 Å². The van der Waals surface area contributed by atoms with Gasteiger partial charge >= 0.3 is 0 Å². The zero-order valence-electron chi connectivity index (χ0n) is 23.3. The first-order valence-electron chi connectivity index (χ1n) is 14.2. The van der Waals surface area contributed by atoms with Gasteiger partial charge in [0.1, 0.15) is 23.2 Å². The van der Waals surface area contributed by atoms with Gasteiger partial charge in [-0.2, -0.15) is 0 Å². The first kappa shape index (κ1) is 28.8. The Balaban J connectivity index is 0.00000336. The summed E-state index contributed by atoms with van der Waals surface area (Å²) in [6.45, 7) is 7.30. The summed E-state index contributed by atoms with van der Waals surface area (Å²) in [5.74, 6) is 0. The molecule has 0 nitrogen and oxygen atoms in total. The van der Waals surface area contributed by atoms with Crippen molar-refractivity contribution in [3.63, 3.8) is 0 Å². The lowest BCUT2D eigenvalue weighted by molar-refractivity contribution is -0.00000778. The van der Waals surface area contributed by atoms with Crippen LogP contribution < -0.4 is 32.9 Å². The van der Waals surface area contributed by atoms with Crippen molar-refractivity contribution < 1.29 is 17.0 Å². The molecule has 0 amide bonds. The summed E-state index contributed by atoms with van der Waals surface area (Å²) in [4.78, 5) is 0. The Morgan fingerprint density at radius 1 is 0.711 bits per heavy atom. The van der Waals surface area contributed by atoms with Crippen molar-refractivity contribution in [2.24, 2.45) is 5.41 Å². The van der Waals surface area contributed by atoms with Crippen LogP contribution in [0.2, 0.25) is 0 Å². The maximum Gasteiger partial charge on any atom is 0.115 e. The quantitative estimate of drug-likeness (QED) is 0.315. The Morgan fingerprint density at radius 2 is 1.18 bits per heavy atom. The van der Waals surface area contributed by atoms with Gasteiger partial charge < -0.3 is 17.0 Å². The molecule has 0 radical (unpaired) electrons. The number of hydrogen-bond acceptors (Lipinski definition) is 0. The SMILES string of the molecule is CC(=C\C[P+](c1ccccc1)(c1ccccc1)c1ccccc1)/C1=C/C2=C(CCCC1)CCCC2(C)C.[Br-]. The minimum atomic E-state index is -1.85. The van der Waals surface area contributed by atoms with Crippen LogP contribution in [0.5, 0.6) is 0 Å². The number of rotatable bonds is 6. The van der Waals surface area contributed by atoms with Crippen LogP contribution in [0.25, 0.3) is 0 Å². The second-order valence-corrected chi connectivity index (χ2v) is 15.1. The third-order valence-corrected chi connectivity index (χ3v) is 12.9. The van der Waals surface area contributed by atoms with Gasteiger partial charge in [0.25, 0.3) is 0 Å². The van der Waals surface area contributed by atoms with Gasteiger partial charge in [-0.05, 0) is 116 Å². The van der Waals surface area contributed by atoms with Crippen LogP contribution in [-0.4, -0.2) is 6.16 Å². The number of allylic oxidation sites excluding steroid dienone is 6. The van der Waals surface area contributed by atoms with Crippen molar-refractivity contribution in [3.05, 3.63) is 125 Å². The van der Waals surface area contributed by atoms with E-state index in [9.17, 15) is 0 Å². The minimum Gasteiger partial charge on any atom is -1.00 e. The van der Waals surface area contributed by atoms with E-state index in [1.807, 2.05) is 0 Å². The molecule has 2 aliphatic carbocycles. The molecule has 3 aromatic carbocycles. The fourth-order valence-electron chi connectivity index (χ4n) is 6.48. The second-order valence-electron chi connectivity index (χ2n) is 11.5. The van der Waals surface area contributed by atoms with Gasteiger partial charge in [-0.3, -0.25) is 0 Å². The maximum absolute atomic E-state index is 2.62. The molecule has 0 heterocycles. The van der Waals surface area contributed by atoms with Crippen molar-refractivity contribution >= 4 is 23.2 Å². The number of halogens is 1. The maximum atomic E-state index is 2.62. The molecular formula is C36H42BrP. The lowest BCUT2D eigenvalue weighted by Crippen LogP contribution is -3.00. The third-order valence-electron chi connectivity index (χ3n) is 8.65. The molecule has 0 N–H and O–H groups in total. The highest BCUT2D eigenvalue weighted by Gasteiger charge is 2.44. The Kier molecular flexibility index (Phi) is 9.67. The van der Waals surface area contributed by atoms with Gasteiger partial charge in [0, 0.05) is 0 Å². The molecule has 0 aromatic heterocycles. The molecule has 0 saturated carbocycles. The Morgan fingerprint density at radius 3 is 1.71 bits per heavy atom. The first-order chi connectivity index (χ1) is 18.0. The molecule has 0 fully saturated rings. The predicted octanol–water partition coefficient (Wildman–Crippen LogP) is 5.94. The molecule has 198 valence electrons. The van der Waals surface area contributed by atoms with Crippen molar-refractivity contribution in [1.29, 1.82) is 0 Å². The lowest BCUT2D eigenvalue weighted by atomic mass is 9.70. The molecule has 0 bridgehead atoms. The van der Waals surface area contributed by atoms with Crippen molar-refractivity contribution in [3.8, 4) is 0 Å². The summed E-state index contributed by atoms with van der Waals surface area (Å²) in [6.07, 6.45) is 15.3. The van der Waals surface area contributed by atoms with Crippen molar-refractivity contribution in [2.75, 3.05) is 6.16 Å². The van der Waals surface area contributed by atoms with Crippen LogP contribution in [0.15, 0.2) is 125 Å². The van der Waals surface area contributed by atoms with E-state index in [1.165, 1.54) is 66.4 Å². The summed E-state index contributed by atoms with van der Waals surface area (Å²) in [7, 11) is -1.85. The average Bonchev–Trinajstić information content (AvgIpc) is 2.91. The van der Waals surface area contributed by atoms with Crippen LogP contribution in [0.3, 0.4) is 0 Å². The Hall–Kier alpha value is -2.21. The standard InChI is InChI=1S/C36H42P.BrH/c1-29(31-17-14-13-16-30-18-15-26-36(2,3)35(30)28-31)25-27-37(32-19-7-4-8-20-32,33-21-9-5-10-22-33)34-23-11-6-12-24-34;/h4-12,19-25,28H,13-18,26-27H2,1-3H3;1H/q+1;/p-1/b29-25+,31-28+;. The van der Waals surface area contributed by atoms with Gasteiger partial charge in [0.15, 0.2) is 0 Å². The van der Waals surface area contributed by atoms with Gasteiger partial charge in [-0.15, -0.1) is 0 Å². The molecule has 3 aromatic rings. The van der Waals surface area contributed by atoms with Gasteiger partial charge in [0.2, 0.25) is 0 Å². The molecule has 0 saturated heterocycles. The third kappa shape index (κ3) is 6.00. The summed E-state index contributed by atoms with van der Waals surface area (Å²) in [5, 5.41) is 4.38. The zero-order chi connectivity index (χ0) is 25.7. The Labute approximate surface area is 242 Å². The van der Waals surface area contributed by atoms with Gasteiger partial charge in [0.05, 0.1) is 6.16 Å². The van der Waals surface area contributed by atoms with Crippen LogP contribution in [0.1, 0.15) is 65.7 Å². The fourth-order valence-corrected chi connectivity index (χ4v) is 10.6. The summed E-state index contributed by atoms with van der Waals surface area (Å²) in [6, 6.07) is 33.8. The van der Waals surface area contributed by atoms with Crippen LogP contribution >= 0.6 is 7.26 Å². The smallest absolute Gasteiger partial charge is 0.115 e. The highest BCUT2D eigenvalue weighted by molar-refractivity contribution is 7.95. The van der Waals surface area contributed by atoms with Crippen molar-refractivity contribution in [1.82, 2.24) is 0 Å². The van der Waals surface area contributed by atoms with Crippen LogP contribution in [0.4, 0.5) is 0 Å². The first-order valence-corrected chi connectivity index (χ1v) is 16.1. The second kappa shape index (κ2) is 12.8. The van der Waals surface area contributed by atoms with E-state index in [2.05, 4.69) is 124 Å². The highest BCUT2D eigenvalue weighted by Crippen LogP contribution is 2.55. The minimum absolute atomic E-state index is 0. The molecule has 0 aliphatic heterocycles. The largest absolute Gasteiger partial charge is 1.00 e. The highest BCUT2D eigenvalue weighted by atomic mass is 79.9. The molecule has 0 unspecified atom stereocenters. The summed E-state index contributed by atoms with van der Waals surface area (Å²) >= 11 is 0. The van der Waals surface area contributed by atoms with E-state index in [0.717, 1.165) is 6.16 Å². The van der Waals surface area contributed by atoms with Crippen LogP contribution in [-0.2, 0) is 0 Å². The topological polar surface area (TPSA) is 0 Å². The summed E-state index contributed by atoms with van der Waals surface area (Å²) in [5.41, 5.74) is 6.72. The molecule has 0 atom stereocenters. The lowest BCUT2D eigenvalue weighted by Gasteiger charge is -2.35. The van der Waals surface area contributed by atoms with E-state index in [1.54, 1.807) is 16.7 Å². The molecule has 0 spiro atoms. The monoisotopic (exact) mass is 584 g/mol. The van der Waals surface area contributed by atoms with E-state index < -0.39 is 7.26 Å². The molecule has 2 aliphatic rings. The average molecular weight is 586 g/mol. The molecule has 38 heavy (non-hydrogen) atoms. The van der Waals surface area contributed by atoms with E-state index in [-0.39, 0.29) is 17.0 Å². The van der Waals surface area contributed by atoms with E-state index in [0.29, 0.717) is 5.41 Å². The van der Waals surface area contributed by atoms with E-state index >= 15 is 0 Å². The van der Waals surface area contributed by atoms with Gasteiger partial charge in [-0.25, -0.2) is 0 Å². The number of hydrogen-bond donors (Lipinski definition) is 0. The van der Waals surface area contributed by atoms with Gasteiger partial charge in [-0.1, -0.05) is 80.1 Å². The fraction of sp³-hybridized carbons (Fsp3) is 0.333. The molecular weight excluding hydrogens is 543 g/mol. The summed E-state index contributed by atoms with van der Waals surface area (Å²) < 4.78 is 0. The molecule has 2 heteroatoms.